The number of hydrogen-bond acceptors (Lipinski definition) is 9. The molecule has 2 aromatic rings. The Labute approximate surface area is 274 Å². The average molecular weight is 583 g/mol. The Morgan fingerprint density at radius 1 is 0.842 bits per heavy atom. The van der Waals surface area contributed by atoms with E-state index in [2.05, 4.69) is 4.89 Å². The van der Waals surface area contributed by atoms with Crippen LogP contribution in [0.3, 0.4) is 0 Å². The first-order chi connectivity index (χ1) is 16.2. The number of nitrogens with two attached hydrogens (primary N) is 2. The zero-order chi connectivity index (χ0) is 25.9. The average Bonchev–Trinajstić information content (AvgIpc) is 2.83. The van der Waals surface area contributed by atoms with E-state index in [-0.39, 0.29) is 98.5 Å². The van der Waals surface area contributed by atoms with Gasteiger partial charge in [0.15, 0.2) is 0 Å². The minimum absolute atomic E-state index is 0. The summed E-state index contributed by atoms with van der Waals surface area (Å²) in [5.74, 6) is -1.46. The number of carbonyl (C=O) groups is 3. The van der Waals surface area contributed by atoms with E-state index in [4.69, 9.17) is 31.0 Å². The van der Waals surface area contributed by atoms with Crippen LogP contribution in [0, 0.1) is 11.6 Å². The third kappa shape index (κ3) is 22.8. The topological polar surface area (TPSA) is 154 Å². The molecule has 0 fully saturated rings. The molecule has 0 amide bonds. The van der Waals surface area contributed by atoms with Crippen LogP contribution >= 0.6 is 12.4 Å². The van der Waals surface area contributed by atoms with E-state index < -0.39 is 24.0 Å². The third-order valence-corrected chi connectivity index (χ3v) is 3.96. The standard InChI is InChI=1S/2C11H14FNO2.CH2O3.CH4.ClH.2Na.H/c2*1-2-15-11(14)10(13)7-8-3-5-9(12)6-4-8;2-1-4-3;;;;;/h2*3-6,10H,2,7,13H2,1H3;1,3H;1H4;1H;;;/q;;;;;2*+1;-1/p-1. The van der Waals surface area contributed by atoms with Crippen LogP contribution in [0.25, 0.3) is 0 Å². The summed E-state index contributed by atoms with van der Waals surface area (Å²) >= 11 is 0. The smallest absolute Gasteiger partial charge is 1.00 e. The zero-order valence-corrected chi connectivity index (χ0v) is 26.2. The molecule has 9 nitrogen and oxygen atoms in total. The van der Waals surface area contributed by atoms with Gasteiger partial charge in [0.2, 0.25) is 0 Å². The number of benzene rings is 2. The quantitative estimate of drug-likeness (QED) is 0.0994. The van der Waals surface area contributed by atoms with Crippen molar-refractivity contribution in [3.05, 3.63) is 71.3 Å². The van der Waals surface area contributed by atoms with Crippen molar-refractivity contribution in [2.75, 3.05) is 13.2 Å². The molecule has 14 heteroatoms. The van der Waals surface area contributed by atoms with Crippen LogP contribution in [0.5, 0.6) is 0 Å². The number of esters is 2. The normalized spacial score (nSPS) is 10.2. The van der Waals surface area contributed by atoms with Crippen LogP contribution in [0.1, 0.15) is 33.8 Å². The molecule has 0 saturated carbocycles. The van der Waals surface area contributed by atoms with E-state index >= 15 is 0 Å². The fraction of sp³-hybridized carbons (Fsp3) is 0.375. The second-order valence-electron chi connectivity index (χ2n) is 6.57. The molecule has 0 aliphatic carbocycles. The Bertz CT molecular complexity index is 807. The fourth-order valence-electron chi connectivity index (χ4n) is 2.41. The number of hydrogen-bond donors (Lipinski definition) is 2. The van der Waals surface area contributed by atoms with Gasteiger partial charge in [0, 0.05) is 0 Å². The van der Waals surface area contributed by atoms with Crippen molar-refractivity contribution in [1.82, 2.24) is 0 Å². The molecule has 2 aromatic carbocycles. The molecule has 0 saturated heterocycles. The van der Waals surface area contributed by atoms with Crippen molar-refractivity contribution < 1.29 is 103 Å². The van der Waals surface area contributed by atoms with Crippen LogP contribution in [-0.2, 0) is 41.6 Å². The van der Waals surface area contributed by atoms with Gasteiger partial charge in [-0.25, -0.2) is 8.78 Å². The molecule has 2 atom stereocenters. The van der Waals surface area contributed by atoms with Crippen LogP contribution < -0.4 is 75.8 Å². The SMILES string of the molecule is C.CCOC(=O)C(N)Cc1ccc(F)cc1.CCOC(=O)C(N)Cc1ccc(F)cc1.Cl.O=CO[O-].[H-].[Na+].[Na+]. The van der Waals surface area contributed by atoms with E-state index in [0.29, 0.717) is 26.1 Å². The number of halogens is 3. The van der Waals surface area contributed by atoms with Gasteiger partial charge in [-0.2, -0.15) is 0 Å². The Kier molecular flexibility index (Phi) is 35.5. The first-order valence-electron chi connectivity index (χ1n) is 10.2. The van der Waals surface area contributed by atoms with Gasteiger partial charge in [-0.05, 0) is 62.1 Å². The van der Waals surface area contributed by atoms with E-state index in [9.17, 15) is 18.4 Å². The summed E-state index contributed by atoms with van der Waals surface area (Å²) in [6, 6.07) is 10.4. The van der Waals surface area contributed by atoms with Gasteiger partial charge in [0.25, 0.3) is 6.47 Å². The van der Waals surface area contributed by atoms with Gasteiger partial charge in [0.05, 0.1) is 13.2 Å². The van der Waals surface area contributed by atoms with Crippen LogP contribution in [0.2, 0.25) is 0 Å². The largest absolute Gasteiger partial charge is 1.00 e. The molecule has 0 heterocycles. The zero-order valence-electron chi connectivity index (χ0n) is 22.4. The summed E-state index contributed by atoms with van der Waals surface area (Å²) in [6.45, 7) is 3.90. The minimum Gasteiger partial charge on any atom is -1.00 e. The third-order valence-electron chi connectivity index (χ3n) is 3.96. The van der Waals surface area contributed by atoms with Crippen molar-refractivity contribution in [3.8, 4) is 0 Å². The van der Waals surface area contributed by atoms with Gasteiger partial charge in [-0.15, -0.1) is 12.4 Å². The first-order valence-corrected chi connectivity index (χ1v) is 10.2. The number of rotatable bonds is 9. The van der Waals surface area contributed by atoms with Crippen molar-refractivity contribution in [2.45, 2.75) is 46.2 Å². The van der Waals surface area contributed by atoms with Crippen molar-refractivity contribution in [2.24, 2.45) is 11.5 Å². The van der Waals surface area contributed by atoms with Crippen molar-refractivity contribution >= 4 is 30.8 Å². The van der Waals surface area contributed by atoms with Gasteiger partial charge < -0.3 is 32.5 Å². The second-order valence-corrected chi connectivity index (χ2v) is 6.57. The van der Waals surface area contributed by atoms with Gasteiger partial charge in [-0.1, -0.05) is 31.7 Å². The van der Waals surface area contributed by atoms with Crippen molar-refractivity contribution in [3.63, 3.8) is 0 Å². The van der Waals surface area contributed by atoms with Gasteiger partial charge in [-0.3, -0.25) is 14.4 Å². The Balaban J connectivity index is -0.000000110. The predicted octanol–water partition coefficient (Wildman–Crippen LogP) is -3.87. The molecule has 0 spiro atoms. The molecule has 2 rings (SSSR count). The summed E-state index contributed by atoms with van der Waals surface area (Å²) in [5.41, 5.74) is 12.8. The predicted molar refractivity (Wildman–Crippen MR) is 132 cm³/mol. The summed E-state index contributed by atoms with van der Waals surface area (Å²) < 4.78 is 34.7. The first kappa shape index (κ1) is 46.7. The fourth-order valence-corrected chi connectivity index (χ4v) is 2.41. The van der Waals surface area contributed by atoms with E-state index in [0.717, 1.165) is 11.1 Å². The Hall–Kier alpha value is -1.12. The summed E-state index contributed by atoms with van der Waals surface area (Å²) in [4.78, 5) is 33.6. The van der Waals surface area contributed by atoms with Crippen molar-refractivity contribution in [1.29, 1.82) is 0 Å². The molecule has 0 aliphatic heterocycles. The summed E-state index contributed by atoms with van der Waals surface area (Å²) in [6.07, 6.45) is 0.720. The van der Waals surface area contributed by atoms with E-state index in [1.165, 1.54) is 24.3 Å². The maximum atomic E-state index is 12.6. The van der Waals surface area contributed by atoms with Crippen LogP contribution in [-0.4, -0.2) is 43.7 Å². The Morgan fingerprint density at radius 2 is 1.11 bits per heavy atom. The molecule has 206 valence electrons. The maximum Gasteiger partial charge on any atom is 1.00 e. The van der Waals surface area contributed by atoms with E-state index in [1.54, 1.807) is 38.1 Å². The molecular formula is C24H35ClF2N2Na2O7. The molecule has 0 radical (unpaired) electrons. The molecule has 4 N–H and O–H groups in total. The van der Waals surface area contributed by atoms with Crippen LogP contribution in [0.4, 0.5) is 8.78 Å². The van der Waals surface area contributed by atoms with E-state index in [1.807, 2.05) is 0 Å². The summed E-state index contributed by atoms with van der Waals surface area (Å²) in [7, 11) is 0. The summed E-state index contributed by atoms with van der Waals surface area (Å²) in [5, 5.41) is 8.43. The van der Waals surface area contributed by atoms with Gasteiger partial charge in [0.1, 0.15) is 23.7 Å². The number of carbonyl (C=O) groups excluding carboxylic acids is 3. The molecule has 0 aliphatic rings. The molecular weight excluding hydrogens is 548 g/mol. The second kappa shape index (κ2) is 28.9. The molecule has 2 unspecified atom stereocenters. The maximum absolute atomic E-state index is 12.6. The molecule has 0 aromatic heterocycles. The monoisotopic (exact) mass is 582 g/mol. The molecule has 0 bridgehead atoms. The molecule has 38 heavy (non-hydrogen) atoms. The van der Waals surface area contributed by atoms with Crippen LogP contribution in [0.15, 0.2) is 48.5 Å². The number of ether oxygens (including phenoxy) is 2. The minimum atomic E-state index is -0.685. The van der Waals surface area contributed by atoms with Gasteiger partial charge >= 0.3 is 71.1 Å². The Morgan fingerprint density at radius 3 is 1.32 bits per heavy atom.